The fraction of sp³-hybridized carbons (Fsp3) is 0.861. The highest BCUT2D eigenvalue weighted by Crippen LogP contribution is 2.38. The fourth-order valence-electron chi connectivity index (χ4n) is 4.90. The molecule has 0 aliphatic rings. The lowest BCUT2D eigenvalue weighted by atomic mass is 10.0. The van der Waals surface area contributed by atoms with E-state index in [2.05, 4.69) is 31.3 Å². The molecule has 0 heterocycles. The highest BCUT2D eigenvalue weighted by Gasteiger charge is 2.23. The number of allylic oxidation sites excluding steroid dienone is 3. The summed E-state index contributed by atoms with van der Waals surface area (Å²) in [5, 5.41) is 13.6. The van der Waals surface area contributed by atoms with Crippen LogP contribution in [0, 0.1) is 0 Å². The first-order valence-electron chi connectivity index (χ1n) is 18.2. The number of nitrogens with zero attached hydrogens (tertiary/aromatic N) is 1. The molecule has 8 nitrogen and oxygen atoms in total. The molecule has 0 bridgehead atoms. The van der Waals surface area contributed by atoms with Gasteiger partial charge in [0.25, 0.3) is 7.82 Å². The first kappa shape index (κ1) is 44.0. The van der Waals surface area contributed by atoms with Gasteiger partial charge in [0.2, 0.25) is 5.91 Å². The van der Waals surface area contributed by atoms with Gasteiger partial charge in [-0.2, -0.15) is 0 Å². The summed E-state index contributed by atoms with van der Waals surface area (Å²) in [5.41, 5.74) is 0. The number of carbonyl (C=O) groups is 1. The Balaban J connectivity index is 4.60. The normalized spacial score (nSPS) is 15.1. The van der Waals surface area contributed by atoms with Crippen molar-refractivity contribution in [3.05, 3.63) is 24.3 Å². The molecule has 2 N–H and O–H groups in total. The minimum Gasteiger partial charge on any atom is -0.756 e. The van der Waals surface area contributed by atoms with Gasteiger partial charge in [0.1, 0.15) is 13.2 Å². The highest BCUT2D eigenvalue weighted by molar-refractivity contribution is 7.45. The lowest BCUT2D eigenvalue weighted by Gasteiger charge is -2.29. The zero-order valence-corrected chi connectivity index (χ0v) is 30.7. The van der Waals surface area contributed by atoms with Crippen molar-refractivity contribution < 1.29 is 32.9 Å². The van der Waals surface area contributed by atoms with Crippen LogP contribution in [-0.2, 0) is 18.4 Å². The van der Waals surface area contributed by atoms with Gasteiger partial charge in [-0.05, 0) is 38.5 Å². The molecule has 3 unspecified atom stereocenters. The summed E-state index contributed by atoms with van der Waals surface area (Å²) in [5.74, 6) is -0.215. The molecule has 45 heavy (non-hydrogen) atoms. The first-order valence-corrected chi connectivity index (χ1v) is 19.7. The van der Waals surface area contributed by atoms with E-state index in [1.54, 1.807) is 6.08 Å². The number of phosphoric acid groups is 1. The second-order valence-corrected chi connectivity index (χ2v) is 15.0. The van der Waals surface area contributed by atoms with Gasteiger partial charge >= 0.3 is 0 Å². The number of phosphoric ester groups is 1. The molecule has 0 aromatic carbocycles. The Morgan fingerprint density at radius 3 is 1.80 bits per heavy atom. The Kier molecular flexibility index (Phi) is 28.5. The third-order valence-electron chi connectivity index (χ3n) is 7.91. The third-order valence-corrected chi connectivity index (χ3v) is 8.87. The second-order valence-electron chi connectivity index (χ2n) is 13.6. The molecule has 0 aliphatic carbocycles. The van der Waals surface area contributed by atoms with Crippen molar-refractivity contribution in [1.82, 2.24) is 5.32 Å². The Morgan fingerprint density at radius 2 is 1.24 bits per heavy atom. The molecule has 266 valence electrons. The number of unbranched alkanes of at least 4 members (excludes halogenated alkanes) is 17. The summed E-state index contributed by atoms with van der Waals surface area (Å²) in [4.78, 5) is 25.0. The molecule has 0 aliphatic heterocycles. The number of hydrogen-bond donors (Lipinski definition) is 2. The summed E-state index contributed by atoms with van der Waals surface area (Å²) in [6.45, 7) is 4.55. The van der Waals surface area contributed by atoms with Crippen molar-refractivity contribution in [2.75, 3.05) is 40.9 Å². The van der Waals surface area contributed by atoms with Crippen molar-refractivity contribution in [2.24, 2.45) is 0 Å². The van der Waals surface area contributed by atoms with Crippen LogP contribution >= 0.6 is 7.82 Å². The topological polar surface area (TPSA) is 108 Å². The van der Waals surface area contributed by atoms with E-state index < -0.39 is 20.0 Å². The van der Waals surface area contributed by atoms with E-state index in [1.807, 2.05) is 27.2 Å². The molecule has 0 saturated carbocycles. The number of rotatable bonds is 32. The van der Waals surface area contributed by atoms with E-state index >= 15 is 0 Å². The van der Waals surface area contributed by atoms with E-state index in [1.165, 1.54) is 70.6 Å². The van der Waals surface area contributed by atoms with Crippen LogP contribution in [0.4, 0.5) is 0 Å². The highest BCUT2D eigenvalue weighted by atomic mass is 31.2. The molecule has 0 aromatic rings. The molecule has 0 rings (SSSR count). The summed E-state index contributed by atoms with van der Waals surface area (Å²) in [6.07, 6.45) is 30.7. The van der Waals surface area contributed by atoms with Crippen molar-refractivity contribution >= 4 is 13.7 Å². The molecule has 0 radical (unpaired) electrons. The molecule has 0 fully saturated rings. The van der Waals surface area contributed by atoms with Crippen LogP contribution in [0.3, 0.4) is 0 Å². The maximum absolute atomic E-state index is 12.7. The predicted molar refractivity (Wildman–Crippen MR) is 187 cm³/mol. The summed E-state index contributed by atoms with van der Waals surface area (Å²) < 4.78 is 23.0. The Bertz CT molecular complexity index is 799. The average Bonchev–Trinajstić information content (AvgIpc) is 2.97. The minimum atomic E-state index is -4.57. The molecular weight excluding hydrogens is 587 g/mol. The van der Waals surface area contributed by atoms with Crippen LogP contribution in [-0.4, -0.2) is 68.5 Å². The molecule has 1 amide bonds. The van der Waals surface area contributed by atoms with Crippen LogP contribution in [0.1, 0.15) is 149 Å². The number of amides is 1. The van der Waals surface area contributed by atoms with Gasteiger partial charge in [-0.15, -0.1) is 0 Å². The summed E-state index contributed by atoms with van der Waals surface area (Å²) in [7, 11) is 1.25. The monoisotopic (exact) mass is 659 g/mol. The number of quaternary nitrogens is 1. The maximum Gasteiger partial charge on any atom is 0.268 e. The molecule has 3 atom stereocenters. The number of hydrogen-bond acceptors (Lipinski definition) is 6. The van der Waals surface area contributed by atoms with E-state index in [-0.39, 0.29) is 19.1 Å². The van der Waals surface area contributed by atoms with Crippen LogP contribution < -0.4 is 10.2 Å². The number of aliphatic hydroxyl groups excluding tert-OH is 1. The van der Waals surface area contributed by atoms with E-state index in [9.17, 15) is 19.4 Å². The lowest BCUT2D eigenvalue weighted by molar-refractivity contribution is -0.870. The van der Waals surface area contributed by atoms with Crippen LogP contribution in [0.25, 0.3) is 0 Å². The van der Waals surface area contributed by atoms with Crippen molar-refractivity contribution in [1.29, 1.82) is 0 Å². The van der Waals surface area contributed by atoms with Gasteiger partial charge in [-0.3, -0.25) is 9.36 Å². The predicted octanol–water partition coefficient (Wildman–Crippen LogP) is 8.38. The van der Waals surface area contributed by atoms with Gasteiger partial charge in [-0.25, -0.2) is 0 Å². The zero-order valence-electron chi connectivity index (χ0n) is 29.8. The van der Waals surface area contributed by atoms with Gasteiger partial charge in [0.05, 0.1) is 39.9 Å². The molecule has 9 heteroatoms. The standard InChI is InChI=1S/C36H71N2O6P/c1-6-8-10-12-14-16-18-19-20-21-23-25-27-29-35(39)34(33-44-45(41,42)43-32-31-38(3,4)5)37-36(40)30-28-26-24-22-17-15-13-11-9-7-2/h13,15,27,29,34-35,39H,6-12,14,16-26,28,30-33H2,1-5H3,(H-,37,40,41,42)/b15-13-,29-27+. The molecule has 0 aromatic heterocycles. The number of carbonyl (C=O) groups excluding carboxylic acids is 1. The molecular formula is C36H71N2O6P. The maximum atomic E-state index is 12.7. The number of nitrogens with one attached hydrogen (secondary N) is 1. The van der Waals surface area contributed by atoms with Crippen molar-refractivity contribution in [2.45, 2.75) is 161 Å². The Labute approximate surface area is 277 Å². The van der Waals surface area contributed by atoms with Crippen LogP contribution in [0.5, 0.6) is 0 Å². The van der Waals surface area contributed by atoms with E-state index in [0.29, 0.717) is 17.4 Å². The minimum absolute atomic E-state index is 0.00273. The van der Waals surface area contributed by atoms with Crippen LogP contribution in [0.15, 0.2) is 24.3 Å². The SMILES string of the molecule is CCCC/C=C\CCCCCCC(=O)NC(COP(=O)([O-])OCC[N+](C)(C)C)C(O)/C=C/CCCCCCCCCCCCC. The van der Waals surface area contributed by atoms with Gasteiger partial charge in [-0.1, -0.05) is 128 Å². The molecule has 0 spiro atoms. The van der Waals surface area contributed by atoms with Gasteiger partial charge in [0, 0.05) is 6.42 Å². The van der Waals surface area contributed by atoms with E-state index in [0.717, 1.165) is 57.8 Å². The summed E-state index contributed by atoms with van der Waals surface area (Å²) >= 11 is 0. The fourth-order valence-corrected chi connectivity index (χ4v) is 5.62. The Morgan fingerprint density at radius 1 is 0.756 bits per heavy atom. The van der Waals surface area contributed by atoms with Crippen LogP contribution in [0.2, 0.25) is 0 Å². The van der Waals surface area contributed by atoms with Gasteiger partial charge < -0.3 is 28.8 Å². The molecule has 0 saturated heterocycles. The Hall–Kier alpha value is -1.02. The lowest BCUT2D eigenvalue weighted by Crippen LogP contribution is -2.45. The third kappa shape index (κ3) is 31.4. The first-order chi connectivity index (χ1) is 21.5. The summed E-state index contributed by atoms with van der Waals surface area (Å²) in [6, 6.07) is -0.886. The van der Waals surface area contributed by atoms with Crippen molar-refractivity contribution in [3.8, 4) is 0 Å². The van der Waals surface area contributed by atoms with Gasteiger partial charge in [0.15, 0.2) is 0 Å². The van der Waals surface area contributed by atoms with E-state index in [4.69, 9.17) is 9.05 Å². The smallest absolute Gasteiger partial charge is 0.268 e. The quantitative estimate of drug-likeness (QED) is 0.0325. The zero-order chi connectivity index (χ0) is 33.7. The largest absolute Gasteiger partial charge is 0.756 e. The second kappa shape index (κ2) is 29.1. The number of likely N-dealkylation sites (N-methyl/N-ethyl adjacent to an activating group) is 1. The average molecular weight is 659 g/mol. The number of aliphatic hydroxyl groups is 1. The van der Waals surface area contributed by atoms with Crippen molar-refractivity contribution in [3.63, 3.8) is 0 Å².